The lowest BCUT2D eigenvalue weighted by molar-refractivity contribution is 0.0796. The number of anilines is 1. The van der Waals surface area contributed by atoms with E-state index in [1.807, 2.05) is 6.92 Å². The summed E-state index contributed by atoms with van der Waals surface area (Å²) in [5.74, 6) is 0.761. The lowest BCUT2D eigenvalue weighted by Crippen LogP contribution is -2.44. The van der Waals surface area contributed by atoms with Crippen LogP contribution in [0.2, 0.25) is 0 Å². The van der Waals surface area contributed by atoms with E-state index in [-0.39, 0.29) is 6.10 Å². The summed E-state index contributed by atoms with van der Waals surface area (Å²) in [5.41, 5.74) is 9.80. The van der Waals surface area contributed by atoms with E-state index in [1.54, 1.807) is 0 Å². The van der Waals surface area contributed by atoms with Crippen molar-refractivity contribution in [2.45, 2.75) is 57.2 Å². The maximum absolute atomic E-state index is 9.54. The third-order valence-electron chi connectivity index (χ3n) is 5.23. The van der Waals surface area contributed by atoms with Crippen LogP contribution in [0.4, 0.5) is 5.69 Å². The molecule has 1 aliphatic heterocycles. The molecule has 1 aromatic rings. The van der Waals surface area contributed by atoms with E-state index in [0.29, 0.717) is 6.04 Å². The zero-order valence-corrected chi connectivity index (χ0v) is 14.5. The van der Waals surface area contributed by atoms with E-state index in [0.717, 1.165) is 37.8 Å². The predicted molar refractivity (Wildman–Crippen MR) is 95.4 cm³/mol. The molecule has 1 saturated carbocycles. The highest BCUT2D eigenvalue weighted by atomic mass is 16.3. The number of nitrogens with two attached hydrogens (primary N) is 1. The summed E-state index contributed by atoms with van der Waals surface area (Å²) < 4.78 is 0. The standard InChI is InChI=1S/C19H31N3O/c1-14(23)12-21(2)19-5-7-22(8-6-19)13-15-9-17(16-3-4-16)11-18(20)10-15/h9-11,14,16,19,23H,3-8,12-13,20H2,1-2H3/t14-/m0/s1. The second kappa shape index (κ2) is 7.20. The van der Waals surface area contributed by atoms with Crippen molar-refractivity contribution in [3.05, 3.63) is 29.3 Å². The van der Waals surface area contributed by atoms with Gasteiger partial charge in [0.05, 0.1) is 6.10 Å². The smallest absolute Gasteiger partial charge is 0.0639 e. The van der Waals surface area contributed by atoms with E-state index in [1.165, 1.54) is 36.8 Å². The molecular formula is C19H31N3O. The Morgan fingerprint density at radius 3 is 2.52 bits per heavy atom. The van der Waals surface area contributed by atoms with Gasteiger partial charge in [0.15, 0.2) is 0 Å². The molecule has 2 fully saturated rings. The Bertz CT molecular complexity index is 519. The Labute approximate surface area is 140 Å². The largest absolute Gasteiger partial charge is 0.399 e. The van der Waals surface area contributed by atoms with Crippen LogP contribution in [-0.4, -0.2) is 53.7 Å². The van der Waals surface area contributed by atoms with Crippen molar-refractivity contribution in [3.63, 3.8) is 0 Å². The SMILES string of the molecule is C[C@H](O)CN(C)C1CCN(Cc2cc(N)cc(C3CC3)c2)CC1. The number of piperidine rings is 1. The number of likely N-dealkylation sites (N-methyl/N-ethyl adjacent to an activating group) is 1. The van der Waals surface area contributed by atoms with Gasteiger partial charge in [-0.05, 0) is 81.9 Å². The Hall–Kier alpha value is -1.10. The number of aliphatic hydroxyl groups is 1. The van der Waals surface area contributed by atoms with E-state index in [4.69, 9.17) is 5.73 Å². The van der Waals surface area contributed by atoms with E-state index in [2.05, 4.69) is 35.0 Å². The van der Waals surface area contributed by atoms with Gasteiger partial charge in [0.2, 0.25) is 0 Å². The molecule has 4 heteroatoms. The normalized spacial score (nSPS) is 21.7. The molecule has 0 spiro atoms. The monoisotopic (exact) mass is 317 g/mol. The van der Waals surface area contributed by atoms with Gasteiger partial charge >= 0.3 is 0 Å². The van der Waals surface area contributed by atoms with Crippen LogP contribution in [0, 0.1) is 0 Å². The molecule has 1 saturated heterocycles. The number of rotatable bonds is 6. The van der Waals surface area contributed by atoms with Crippen LogP contribution >= 0.6 is 0 Å². The minimum absolute atomic E-state index is 0.244. The van der Waals surface area contributed by atoms with Gasteiger partial charge in [-0.25, -0.2) is 0 Å². The first-order valence-electron chi connectivity index (χ1n) is 9.01. The van der Waals surface area contributed by atoms with Crippen LogP contribution in [0.5, 0.6) is 0 Å². The molecule has 3 rings (SSSR count). The van der Waals surface area contributed by atoms with Gasteiger partial charge in [0.1, 0.15) is 0 Å². The number of benzene rings is 1. The van der Waals surface area contributed by atoms with E-state index < -0.39 is 0 Å². The second-order valence-corrected chi connectivity index (χ2v) is 7.58. The van der Waals surface area contributed by atoms with Crippen molar-refractivity contribution in [1.82, 2.24) is 9.80 Å². The first-order chi connectivity index (χ1) is 11.0. The molecule has 1 aromatic carbocycles. The predicted octanol–water partition coefficient (Wildman–Crippen LogP) is 2.42. The van der Waals surface area contributed by atoms with Crippen molar-refractivity contribution in [3.8, 4) is 0 Å². The van der Waals surface area contributed by atoms with Gasteiger partial charge in [-0.3, -0.25) is 4.90 Å². The molecule has 4 nitrogen and oxygen atoms in total. The Morgan fingerprint density at radius 1 is 1.22 bits per heavy atom. The highest BCUT2D eigenvalue weighted by Crippen LogP contribution is 2.41. The minimum atomic E-state index is -0.244. The molecule has 1 aliphatic carbocycles. The second-order valence-electron chi connectivity index (χ2n) is 7.58. The molecule has 0 unspecified atom stereocenters. The lowest BCUT2D eigenvalue weighted by atomic mass is 10.0. The number of nitrogen functional groups attached to an aromatic ring is 1. The van der Waals surface area contributed by atoms with Crippen LogP contribution in [0.15, 0.2) is 18.2 Å². The topological polar surface area (TPSA) is 52.7 Å². The summed E-state index contributed by atoms with van der Waals surface area (Å²) >= 11 is 0. The summed E-state index contributed by atoms with van der Waals surface area (Å²) in [6, 6.07) is 7.25. The Morgan fingerprint density at radius 2 is 1.91 bits per heavy atom. The maximum Gasteiger partial charge on any atom is 0.0639 e. The summed E-state index contributed by atoms with van der Waals surface area (Å²) in [5, 5.41) is 9.54. The van der Waals surface area contributed by atoms with Crippen molar-refractivity contribution >= 4 is 5.69 Å². The molecule has 1 heterocycles. The van der Waals surface area contributed by atoms with Gasteiger partial charge < -0.3 is 15.7 Å². The Kier molecular flexibility index (Phi) is 5.24. The molecule has 0 radical (unpaired) electrons. The molecule has 1 atom stereocenters. The van der Waals surface area contributed by atoms with Crippen LogP contribution < -0.4 is 5.73 Å². The highest BCUT2D eigenvalue weighted by molar-refractivity contribution is 5.46. The van der Waals surface area contributed by atoms with E-state index in [9.17, 15) is 5.11 Å². The van der Waals surface area contributed by atoms with Crippen LogP contribution in [0.25, 0.3) is 0 Å². The van der Waals surface area contributed by atoms with Crippen LogP contribution in [-0.2, 0) is 6.54 Å². The minimum Gasteiger partial charge on any atom is -0.399 e. The molecule has 0 amide bonds. The number of likely N-dealkylation sites (tertiary alicyclic amines) is 1. The summed E-state index contributed by atoms with van der Waals surface area (Å²) in [4.78, 5) is 4.85. The number of hydrogen-bond donors (Lipinski definition) is 2. The zero-order valence-electron chi connectivity index (χ0n) is 14.5. The quantitative estimate of drug-likeness (QED) is 0.791. The van der Waals surface area contributed by atoms with Gasteiger partial charge in [-0.2, -0.15) is 0 Å². The average Bonchev–Trinajstić information content (AvgIpc) is 3.31. The maximum atomic E-state index is 9.54. The third kappa shape index (κ3) is 4.69. The fourth-order valence-electron chi connectivity index (χ4n) is 3.83. The van der Waals surface area contributed by atoms with Crippen molar-refractivity contribution in [2.24, 2.45) is 0 Å². The molecular weight excluding hydrogens is 286 g/mol. The molecule has 23 heavy (non-hydrogen) atoms. The molecule has 0 bridgehead atoms. The summed E-state index contributed by atoms with van der Waals surface area (Å²) in [6.45, 7) is 5.90. The third-order valence-corrected chi connectivity index (χ3v) is 5.23. The van der Waals surface area contributed by atoms with Gasteiger partial charge in [0.25, 0.3) is 0 Å². The average molecular weight is 317 g/mol. The fourth-order valence-corrected chi connectivity index (χ4v) is 3.83. The fraction of sp³-hybridized carbons (Fsp3) is 0.684. The molecule has 0 aromatic heterocycles. The molecule has 128 valence electrons. The van der Waals surface area contributed by atoms with Crippen LogP contribution in [0.3, 0.4) is 0 Å². The number of nitrogens with zero attached hydrogens (tertiary/aromatic N) is 2. The van der Waals surface area contributed by atoms with E-state index >= 15 is 0 Å². The Balaban J connectivity index is 1.52. The summed E-state index contributed by atoms with van der Waals surface area (Å²) in [6.07, 6.45) is 4.77. The van der Waals surface area contributed by atoms with Gasteiger partial charge in [-0.1, -0.05) is 6.07 Å². The molecule has 3 N–H and O–H groups in total. The lowest BCUT2D eigenvalue weighted by Gasteiger charge is -2.37. The van der Waals surface area contributed by atoms with Crippen molar-refractivity contribution in [2.75, 3.05) is 32.4 Å². The first kappa shape index (κ1) is 16.7. The van der Waals surface area contributed by atoms with Gasteiger partial charge in [-0.15, -0.1) is 0 Å². The zero-order chi connectivity index (χ0) is 16.4. The van der Waals surface area contributed by atoms with Crippen LogP contribution in [0.1, 0.15) is 49.7 Å². The van der Waals surface area contributed by atoms with Gasteiger partial charge in [0, 0.05) is 24.8 Å². The first-order valence-corrected chi connectivity index (χ1v) is 9.01. The molecule has 2 aliphatic rings. The van der Waals surface area contributed by atoms with Crippen molar-refractivity contribution < 1.29 is 5.11 Å². The number of hydrogen-bond acceptors (Lipinski definition) is 4. The number of aliphatic hydroxyl groups excluding tert-OH is 1. The summed E-state index contributed by atoms with van der Waals surface area (Å²) in [7, 11) is 2.13. The highest BCUT2D eigenvalue weighted by Gasteiger charge is 2.25. The van der Waals surface area contributed by atoms with Crippen molar-refractivity contribution in [1.29, 1.82) is 0 Å².